The number of carbonyl (C=O) groups excluding carboxylic acids is 3. The highest BCUT2D eigenvalue weighted by molar-refractivity contribution is 7.09. The van der Waals surface area contributed by atoms with Crippen molar-refractivity contribution < 1.29 is 23.9 Å². The molecule has 1 aliphatic rings. The van der Waals surface area contributed by atoms with E-state index in [1.54, 1.807) is 18.2 Å². The van der Waals surface area contributed by atoms with Crippen LogP contribution in [0.3, 0.4) is 0 Å². The van der Waals surface area contributed by atoms with Crippen LogP contribution in [0.25, 0.3) is 0 Å². The number of hydrogen-bond acceptors (Lipinski definition) is 8. The minimum absolute atomic E-state index is 0.0401. The number of aromatic nitrogens is 1. The van der Waals surface area contributed by atoms with E-state index >= 15 is 0 Å². The van der Waals surface area contributed by atoms with Gasteiger partial charge in [-0.2, -0.15) is 4.37 Å². The topological polar surface area (TPSA) is 150 Å². The molecule has 1 heterocycles. The number of nitrogens with two attached hydrogens (primary N) is 2. The molecule has 184 valence electrons. The van der Waals surface area contributed by atoms with Crippen LogP contribution in [-0.4, -0.2) is 48.4 Å². The quantitative estimate of drug-likeness (QED) is 0.464. The summed E-state index contributed by atoms with van der Waals surface area (Å²) in [5.41, 5.74) is 11.6. The van der Waals surface area contributed by atoms with Crippen molar-refractivity contribution in [1.29, 1.82) is 0 Å². The van der Waals surface area contributed by atoms with Gasteiger partial charge in [0.05, 0.1) is 19.9 Å². The summed E-state index contributed by atoms with van der Waals surface area (Å²) in [6.45, 7) is 1.94. The number of anilines is 2. The number of nitrogens with zero attached hydrogens (tertiary/aromatic N) is 2. The zero-order valence-corrected chi connectivity index (χ0v) is 20.4. The van der Waals surface area contributed by atoms with E-state index in [9.17, 15) is 14.4 Å². The van der Waals surface area contributed by atoms with Crippen molar-refractivity contribution in [2.45, 2.75) is 57.5 Å². The minimum atomic E-state index is -0.824. The molecule has 3 amide bonds. The molecule has 0 bridgehead atoms. The van der Waals surface area contributed by atoms with Crippen molar-refractivity contribution in [3.05, 3.63) is 28.8 Å². The predicted octanol–water partition coefficient (Wildman–Crippen LogP) is 2.72. The Hall–Kier alpha value is -3.34. The first-order valence-electron chi connectivity index (χ1n) is 11.2. The number of nitrogen functional groups attached to an aromatic ring is 1. The fourth-order valence-electron chi connectivity index (χ4n) is 4.17. The van der Waals surface area contributed by atoms with Gasteiger partial charge in [0, 0.05) is 17.8 Å². The van der Waals surface area contributed by atoms with Crippen molar-refractivity contribution in [3.63, 3.8) is 0 Å². The van der Waals surface area contributed by atoms with Crippen LogP contribution in [0.15, 0.2) is 18.2 Å². The average molecular weight is 490 g/mol. The number of amides is 3. The second-order valence-electron chi connectivity index (χ2n) is 8.15. The maximum atomic E-state index is 13.8. The van der Waals surface area contributed by atoms with Crippen LogP contribution in [0.2, 0.25) is 0 Å². The summed E-state index contributed by atoms with van der Waals surface area (Å²) >= 11 is 0.779. The van der Waals surface area contributed by atoms with Crippen LogP contribution in [0.5, 0.6) is 11.5 Å². The molecule has 0 radical (unpaired) electrons. The first-order valence-corrected chi connectivity index (χ1v) is 12.0. The number of hydrogen-bond donors (Lipinski definition) is 3. The van der Waals surface area contributed by atoms with E-state index in [2.05, 4.69) is 9.69 Å². The third-order valence-electron chi connectivity index (χ3n) is 5.90. The van der Waals surface area contributed by atoms with Gasteiger partial charge in [-0.15, -0.1) is 0 Å². The fourth-order valence-corrected chi connectivity index (χ4v) is 4.91. The minimum Gasteiger partial charge on any atom is -0.493 e. The molecule has 5 N–H and O–H groups in total. The van der Waals surface area contributed by atoms with E-state index in [-0.39, 0.29) is 28.2 Å². The van der Waals surface area contributed by atoms with E-state index in [4.69, 9.17) is 20.9 Å². The highest BCUT2D eigenvalue weighted by atomic mass is 32.1. The standard InChI is InChI=1S/C23H31N5O5S/c1-4-7-15(22(30)26-13-8-5-6-9-13)28(14-10-11-16(32-2)17(12-14)33-3)23(31)20-18(24)19(21(25)29)27-34-20/h10-13,15H,4-9,24H2,1-3H3,(H2,25,29)(H,26,30)/t15-/m1/s1. The summed E-state index contributed by atoms with van der Waals surface area (Å²) in [4.78, 5) is 40.4. The zero-order chi connectivity index (χ0) is 24.8. The van der Waals surface area contributed by atoms with E-state index in [1.165, 1.54) is 19.1 Å². The summed E-state index contributed by atoms with van der Waals surface area (Å²) in [7, 11) is 3.00. The first-order chi connectivity index (χ1) is 16.3. The molecule has 1 aliphatic carbocycles. The van der Waals surface area contributed by atoms with E-state index < -0.39 is 17.9 Å². The number of primary amides is 1. The van der Waals surface area contributed by atoms with Crippen molar-refractivity contribution in [2.75, 3.05) is 24.9 Å². The third kappa shape index (κ3) is 5.24. The van der Waals surface area contributed by atoms with Crippen molar-refractivity contribution in [2.24, 2.45) is 5.73 Å². The van der Waals surface area contributed by atoms with Crippen molar-refractivity contribution in [3.8, 4) is 11.5 Å². The van der Waals surface area contributed by atoms with Crippen LogP contribution < -0.4 is 31.2 Å². The Kier molecular flexibility index (Phi) is 8.32. The number of rotatable bonds is 10. The molecular formula is C23H31N5O5S. The van der Waals surface area contributed by atoms with Gasteiger partial charge in [-0.1, -0.05) is 26.2 Å². The summed E-state index contributed by atoms with van der Waals surface area (Å²) in [6.07, 6.45) is 5.03. The van der Waals surface area contributed by atoms with Crippen molar-refractivity contribution >= 4 is 40.6 Å². The number of benzene rings is 1. The van der Waals surface area contributed by atoms with Crippen molar-refractivity contribution in [1.82, 2.24) is 9.69 Å². The molecule has 0 saturated heterocycles. The van der Waals surface area contributed by atoms with Gasteiger partial charge in [0.1, 0.15) is 10.9 Å². The normalized spacial score (nSPS) is 14.4. The van der Waals surface area contributed by atoms with E-state index in [0.29, 0.717) is 30.0 Å². The smallest absolute Gasteiger partial charge is 0.272 e. The van der Waals surface area contributed by atoms with Gasteiger partial charge >= 0.3 is 0 Å². The van der Waals surface area contributed by atoms with Gasteiger partial charge in [-0.05, 0) is 42.9 Å². The molecule has 1 atom stereocenters. The Labute approximate surface area is 202 Å². The van der Waals surface area contributed by atoms with Gasteiger partial charge in [0.2, 0.25) is 5.91 Å². The van der Waals surface area contributed by atoms with Crippen LogP contribution in [0.1, 0.15) is 65.6 Å². The number of methoxy groups -OCH3 is 2. The second-order valence-corrected chi connectivity index (χ2v) is 8.92. The van der Waals surface area contributed by atoms with Crippen LogP contribution >= 0.6 is 11.5 Å². The highest BCUT2D eigenvalue weighted by Gasteiger charge is 2.35. The highest BCUT2D eigenvalue weighted by Crippen LogP contribution is 2.35. The molecule has 1 fully saturated rings. The van der Waals surface area contributed by atoms with Crippen LogP contribution in [0, 0.1) is 0 Å². The molecule has 11 heteroatoms. The molecule has 0 aliphatic heterocycles. The summed E-state index contributed by atoms with van der Waals surface area (Å²) in [5.74, 6) is -0.729. The SMILES string of the molecule is CCC[C@H](C(=O)NC1CCCC1)N(C(=O)c1snc(C(N)=O)c1N)c1ccc(OC)c(OC)c1. The molecule has 10 nitrogen and oxygen atoms in total. The van der Waals surface area contributed by atoms with E-state index in [1.807, 2.05) is 6.92 Å². The van der Waals surface area contributed by atoms with E-state index in [0.717, 1.165) is 37.2 Å². The first kappa shape index (κ1) is 25.3. The molecule has 2 aromatic rings. The predicted molar refractivity (Wildman–Crippen MR) is 130 cm³/mol. The maximum absolute atomic E-state index is 13.8. The van der Waals surface area contributed by atoms with Crippen LogP contribution in [-0.2, 0) is 4.79 Å². The lowest BCUT2D eigenvalue weighted by atomic mass is 10.1. The number of carbonyl (C=O) groups is 3. The monoisotopic (exact) mass is 489 g/mol. The molecule has 0 spiro atoms. The van der Waals surface area contributed by atoms with Gasteiger partial charge < -0.3 is 26.3 Å². The van der Waals surface area contributed by atoms with Gasteiger partial charge in [0.15, 0.2) is 17.2 Å². The van der Waals surface area contributed by atoms with Gasteiger partial charge in [-0.3, -0.25) is 19.3 Å². The summed E-state index contributed by atoms with van der Waals surface area (Å²) in [5, 5.41) is 3.10. The second kappa shape index (κ2) is 11.2. The average Bonchev–Trinajstić information content (AvgIpc) is 3.47. The Balaban J connectivity index is 2.08. The molecule has 0 unspecified atom stereocenters. The number of ether oxygens (including phenoxy) is 2. The largest absolute Gasteiger partial charge is 0.493 e. The zero-order valence-electron chi connectivity index (χ0n) is 19.6. The molecule has 1 saturated carbocycles. The summed E-state index contributed by atoms with van der Waals surface area (Å²) < 4.78 is 14.7. The summed E-state index contributed by atoms with van der Waals surface area (Å²) in [6, 6.07) is 4.25. The molecule has 3 rings (SSSR count). The Morgan fingerprint density at radius 1 is 1.21 bits per heavy atom. The lowest BCUT2D eigenvalue weighted by molar-refractivity contribution is -0.123. The molecule has 1 aromatic heterocycles. The Bertz CT molecular complexity index is 1050. The third-order valence-corrected chi connectivity index (χ3v) is 6.75. The fraction of sp³-hybridized carbons (Fsp3) is 0.478. The lowest BCUT2D eigenvalue weighted by Crippen LogP contribution is -2.51. The molecular weight excluding hydrogens is 458 g/mol. The van der Waals surface area contributed by atoms with Gasteiger partial charge in [0.25, 0.3) is 11.8 Å². The number of nitrogens with one attached hydrogen (secondary N) is 1. The van der Waals surface area contributed by atoms with Crippen LogP contribution in [0.4, 0.5) is 11.4 Å². The maximum Gasteiger partial charge on any atom is 0.272 e. The Morgan fingerprint density at radius 3 is 2.44 bits per heavy atom. The lowest BCUT2D eigenvalue weighted by Gasteiger charge is -2.32. The Morgan fingerprint density at radius 2 is 1.88 bits per heavy atom. The molecule has 34 heavy (non-hydrogen) atoms. The van der Waals surface area contributed by atoms with Gasteiger partial charge in [-0.25, -0.2) is 0 Å². The molecule has 1 aromatic carbocycles.